The van der Waals surface area contributed by atoms with Crippen LogP contribution < -0.4 is 4.74 Å². The predicted octanol–water partition coefficient (Wildman–Crippen LogP) is 4.89. The van der Waals surface area contributed by atoms with Crippen molar-refractivity contribution in [3.05, 3.63) is 76.4 Å². The number of aliphatic carboxylic acids is 1. The topological polar surface area (TPSA) is 63.8 Å². The first-order valence-electron chi connectivity index (χ1n) is 8.97. The lowest BCUT2D eigenvalue weighted by Crippen LogP contribution is -1.98. The Bertz CT molecular complexity index is 1110. The van der Waals surface area contributed by atoms with Crippen LogP contribution in [0.1, 0.15) is 21.6 Å². The molecule has 4 aromatic rings. The Morgan fingerprint density at radius 3 is 2.64 bits per heavy atom. The molecule has 2 aromatic heterocycles. The highest BCUT2D eigenvalue weighted by Crippen LogP contribution is 2.31. The van der Waals surface area contributed by atoms with E-state index in [0.29, 0.717) is 6.61 Å². The smallest absolute Gasteiger partial charge is 0.308 e. The quantitative estimate of drug-likeness (QED) is 0.508. The van der Waals surface area contributed by atoms with Gasteiger partial charge >= 0.3 is 5.97 Å². The number of hydrogen-bond donors (Lipinski definition) is 1. The van der Waals surface area contributed by atoms with Crippen molar-refractivity contribution in [2.75, 3.05) is 0 Å². The molecule has 4 rings (SSSR count). The summed E-state index contributed by atoms with van der Waals surface area (Å²) in [6, 6.07) is 14.3. The first kappa shape index (κ1) is 18.3. The highest BCUT2D eigenvalue weighted by atomic mass is 32.1. The van der Waals surface area contributed by atoms with Crippen LogP contribution in [0.5, 0.6) is 5.75 Å². The van der Waals surface area contributed by atoms with Crippen LogP contribution in [0.4, 0.5) is 0 Å². The Hall–Kier alpha value is -3.12. The lowest BCUT2D eigenvalue weighted by molar-refractivity contribution is -0.136. The first-order chi connectivity index (χ1) is 13.5. The van der Waals surface area contributed by atoms with Gasteiger partial charge in [0, 0.05) is 22.8 Å². The van der Waals surface area contributed by atoms with Crippen LogP contribution in [-0.2, 0) is 17.8 Å². The lowest BCUT2D eigenvalue weighted by Gasteiger charge is -2.12. The number of thiazole rings is 1. The minimum Gasteiger partial charge on any atom is -0.489 e. The highest BCUT2D eigenvalue weighted by molar-refractivity contribution is 7.17. The molecule has 0 saturated heterocycles. The normalized spacial score (nSPS) is 11.1. The van der Waals surface area contributed by atoms with Crippen LogP contribution in [0.3, 0.4) is 0 Å². The lowest BCUT2D eigenvalue weighted by atomic mass is 10.0. The van der Waals surface area contributed by atoms with E-state index in [4.69, 9.17) is 9.84 Å². The van der Waals surface area contributed by atoms with Gasteiger partial charge in [0.05, 0.1) is 12.1 Å². The number of imidazole rings is 1. The van der Waals surface area contributed by atoms with Crippen molar-refractivity contribution in [1.29, 1.82) is 0 Å². The van der Waals surface area contributed by atoms with E-state index in [2.05, 4.69) is 17.1 Å². The van der Waals surface area contributed by atoms with Gasteiger partial charge < -0.3 is 9.84 Å². The van der Waals surface area contributed by atoms with Crippen molar-refractivity contribution in [3.8, 4) is 17.0 Å². The summed E-state index contributed by atoms with van der Waals surface area (Å²) in [5.41, 5.74) is 5.21. The molecule has 0 bridgehead atoms. The molecule has 5 nitrogen and oxygen atoms in total. The SMILES string of the molecule is Cc1cc(-c2cn3cc(CC(=O)O)sc3n2)c(C)cc1OCc1ccccc1. The summed E-state index contributed by atoms with van der Waals surface area (Å²) >= 11 is 1.41. The van der Waals surface area contributed by atoms with Gasteiger partial charge in [0.1, 0.15) is 12.4 Å². The second-order valence-corrected chi connectivity index (χ2v) is 7.88. The van der Waals surface area contributed by atoms with Gasteiger partial charge in [-0.2, -0.15) is 0 Å². The van der Waals surface area contributed by atoms with Crippen molar-refractivity contribution in [1.82, 2.24) is 9.38 Å². The Balaban J connectivity index is 1.58. The fourth-order valence-electron chi connectivity index (χ4n) is 3.16. The van der Waals surface area contributed by atoms with Gasteiger partial charge in [0.2, 0.25) is 0 Å². The molecular weight excluding hydrogens is 372 g/mol. The Morgan fingerprint density at radius 1 is 1.14 bits per heavy atom. The summed E-state index contributed by atoms with van der Waals surface area (Å²) in [5, 5.41) is 8.94. The molecule has 6 heteroatoms. The molecule has 0 spiro atoms. The third-order valence-corrected chi connectivity index (χ3v) is 5.56. The highest BCUT2D eigenvalue weighted by Gasteiger charge is 2.14. The molecule has 0 atom stereocenters. The number of rotatable bonds is 6. The molecule has 0 aliphatic rings. The largest absolute Gasteiger partial charge is 0.489 e. The number of aromatic nitrogens is 2. The van der Waals surface area contributed by atoms with E-state index in [1.54, 1.807) is 0 Å². The van der Waals surface area contributed by atoms with Gasteiger partial charge in [-0.1, -0.05) is 30.3 Å². The number of ether oxygens (including phenoxy) is 1. The molecule has 0 aliphatic heterocycles. The minimum absolute atomic E-state index is 0.0228. The van der Waals surface area contributed by atoms with Gasteiger partial charge in [0.15, 0.2) is 4.96 Å². The van der Waals surface area contributed by atoms with Gasteiger partial charge in [-0.3, -0.25) is 9.20 Å². The second kappa shape index (κ2) is 7.48. The number of fused-ring (bicyclic) bond motifs is 1. The number of benzene rings is 2. The van der Waals surface area contributed by atoms with Crippen LogP contribution in [0, 0.1) is 13.8 Å². The zero-order valence-corrected chi connectivity index (χ0v) is 16.5. The van der Waals surface area contributed by atoms with Crippen LogP contribution in [0.25, 0.3) is 16.2 Å². The Morgan fingerprint density at radius 2 is 1.93 bits per heavy atom. The molecule has 0 unspecified atom stereocenters. The monoisotopic (exact) mass is 392 g/mol. The van der Waals surface area contributed by atoms with Crippen molar-refractivity contribution in [3.63, 3.8) is 0 Å². The summed E-state index contributed by atoms with van der Waals surface area (Å²) in [6.07, 6.45) is 3.81. The van der Waals surface area contributed by atoms with Crippen molar-refractivity contribution < 1.29 is 14.6 Å². The van der Waals surface area contributed by atoms with E-state index in [1.807, 2.05) is 61.0 Å². The molecule has 142 valence electrons. The molecule has 1 N–H and O–H groups in total. The molecular formula is C22H20N2O3S. The maximum absolute atomic E-state index is 10.9. The van der Waals surface area contributed by atoms with Crippen molar-refractivity contribution >= 4 is 22.3 Å². The van der Waals surface area contributed by atoms with Gasteiger partial charge in [-0.05, 0) is 42.7 Å². The summed E-state index contributed by atoms with van der Waals surface area (Å²) in [5.74, 6) is 0.0390. The fourth-order valence-corrected chi connectivity index (χ4v) is 4.11. The average molecular weight is 392 g/mol. The number of carboxylic acid groups (broad SMARTS) is 1. The summed E-state index contributed by atoms with van der Waals surface area (Å²) in [6.45, 7) is 4.62. The first-order valence-corrected chi connectivity index (χ1v) is 9.79. The zero-order valence-electron chi connectivity index (χ0n) is 15.7. The third-order valence-electron chi connectivity index (χ3n) is 4.56. The van der Waals surface area contributed by atoms with E-state index >= 15 is 0 Å². The van der Waals surface area contributed by atoms with E-state index in [9.17, 15) is 4.79 Å². The standard InChI is InChI=1S/C22H20N2O3S/c1-14-9-20(27-13-16-6-4-3-5-7-16)15(2)8-18(14)19-12-24-11-17(10-21(25)26)28-22(24)23-19/h3-9,11-12H,10,13H2,1-2H3,(H,25,26). The Labute approximate surface area is 166 Å². The molecule has 0 fully saturated rings. The van der Waals surface area contributed by atoms with Crippen LogP contribution in [0.15, 0.2) is 54.9 Å². The summed E-state index contributed by atoms with van der Waals surface area (Å²) in [7, 11) is 0. The predicted molar refractivity (Wildman–Crippen MR) is 110 cm³/mol. The number of carboxylic acids is 1. The van der Waals surface area contributed by atoms with Gasteiger partial charge in [-0.15, -0.1) is 11.3 Å². The Kier molecular flexibility index (Phi) is 4.88. The van der Waals surface area contributed by atoms with Crippen LogP contribution in [0.2, 0.25) is 0 Å². The fraction of sp³-hybridized carbons (Fsp3) is 0.182. The van der Waals surface area contributed by atoms with Crippen molar-refractivity contribution in [2.24, 2.45) is 0 Å². The summed E-state index contributed by atoms with van der Waals surface area (Å²) < 4.78 is 7.91. The average Bonchev–Trinajstić information content (AvgIpc) is 3.20. The molecule has 28 heavy (non-hydrogen) atoms. The molecule has 0 aliphatic carbocycles. The van der Waals surface area contributed by atoms with Crippen LogP contribution >= 0.6 is 11.3 Å². The molecule has 0 saturated carbocycles. The van der Waals surface area contributed by atoms with Crippen LogP contribution in [-0.4, -0.2) is 20.5 Å². The summed E-state index contributed by atoms with van der Waals surface area (Å²) in [4.78, 5) is 17.2. The van der Waals surface area contributed by atoms with E-state index < -0.39 is 5.97 Å². The molecule has 2 heterocycles. The minimum atomic E-state index is -0.831. The van der Waals surface area contributed by atoms with Gasteiger partial charge in [0.25, 0.3) is 0 Å². The van der Waals surface area contributed by atoms with E-state index in [0.717, 1.165) is 43.5 Å². The van der Waals surface area contributed by atoms with E-state index in [-0.39, 0.29) is 6.42 Å². The van der Waals surface area contributed by atoms with E-state index in [1.165, 1.54) is 11.3 Å². The number of nitrogens with zero attached hydrogens (tertiary/aromatic N) is 2. The molecule has 0 radical (unpaired) electrons. The molecule has 2 aromatic carbocycles. The third kappa shape index (κ3) is 3.77. The number of hydrogen-bond acceptors (Lipinski definition) is 4. The number of aryl methyl sites for hydroxylation is 2. The zero-order chi connectivity index (χ0) is 19.7. The maximum Gasteiger partial charge on any atom is 0.308 e. The second-order valence-electron chi connectivity index (χ2n) is 6.79. The van der Waals surface area contributed by atoms with Gasteiger partial charge in [-0.25, -0.2) is 4.98 Å². The van der Waals surface area contributed by atoms with Crippen molar-refractivity contribution in [2.45, 2.75) is 26.9 Å². The maximum atomic E-state index is 10.9. The molecule has 0 amide bonds. The number of carbonyl (C=O) groups is 1.